The molecule has 1 N–H and O–H groups in total. The second-order valence-corrected chi connectivity index (χ2v) is 7.76. The Morgan fingerprint density at radius 1 is 0.962 bits per heavy atom. The number of ketones is 1. The predicted molar refractivity (Wildman–Crippen MR) is 104 cm³/mol. The molecular weight excluding hydrogens is 346 g/mol. The second-order valence-electron chi connectivity index (χ2n) is 5.99. The summed E-state index contributed by atoms with van der Waals surface area (Å²) in [5.74, 6) is -0.162. The Morgan fingerprint density at radius 3 is 2.38 bits per heavy atom. The number of hydrogen-bond acceptors (Lipinski definition) is 3. The van der Waals surface area contributed by atoms with Crippen LogP contribution in [0.25, 0.3) is 10.8 Å². The first-order valence-corrected chi connectivity index (χ1v) is 9.70. The number of rotatable bonds is 6. The van der Waals surface area contributed by atoms with E-state index in [0.29, 0.717) is 5.56 Å². The van der Waals surface area contributed by atoms with Gasteiger partial charge in [-0.15, -0.1) is 0 Å². The van der Waals surface area contributed by atoms with Crippen molar-refractivity contribution < 1.29 is 13.2 Å². The van der Waals surface area contributed by atoms with E-state index in [1.165, 1.54) is 12.2 Å². The van der Waals surface area contributed by atoms with E-state index in [2.05, 4.69) is 4.72 Å². The number of sulfonamides is 1. The molecule has 4 nitrogen and oxygen atoms in total. The lowest BCUT2D eigenvalue weighted by molar-refractivity contribution is 0.104. The van der Waals surface area contributed by atoms with Crippen molar-refractivity contribution >= 4 is 26.6 Å². The molecule has 0 saturated carbocycles. The first-order chi connectivity index (χ1) is 12.5. The van der Waals surface area contributed by atoms with Gasteiger partial charge in [-0.2, -0.15) is 0 Å². The van der Waals surface area contributed by atoms with Crippen LogP contribution in [0.1, 0.15) is 15.9 Å². The highest BCUT2D eigenvalue weighted by Gasteiger charge is 2.12. The fraction of sp³-hybridized carbons (Fsp3) is 0.0952. The fourth-order valence-corrected chi connectivity index (χ4v) is 3.54. The molecule has 0 saturated heterocycles. The smallest absolute Gasteiger partial charge is 0.240 e. The van der Waals surface area contributed by atoms with E-state index >= 15 is 0 Å². The summed E-state index contributed by atoms with van der Waals surface area (Å²) in [6.07, 6.45) is 2.91. The minimum Gasteiger partial charge on any atom is -0.289 e. The number of allylic oxidation sites excluding steroid dienone is 1. The molecule has 5 heteroatoms. The van der Waals surface area contributed by atoms with E-state index < -0.39 is 10.0 Å². The molecule has 0 amide bonds. The van der Waals surface area contributed by atoms with Crippen molar-refractivity contribution in [3.8, 4) is 0 Å². The molecule has 0 fully saturated rings. The largest absolute Gasteiger partial charge is 0.289 e. The Balaban J connectivity index is 1.64. The van der Waals surface area contributed by atoms with Gasteiger partial charge in [0.1, 0.15) is 0 Å². The topological polar surface area (TPSA) is 63.2 Å². The normalized spacial score (nSPS) is 11.9. The molecule has 0 aliphatic heterocycles. The Bertz CT molecular complexity index is 1070. The van der Waals surface area contributed by atoms with E-state index in [-0.39, 0.29) is 17.2 Å². The second kappa shape index (κ2) is 7.64. The van der Waals surface area contributed by atoms with Crippen molar-refractivity contribution in [1.82, 2.24) is 4.72 Å². The fourth-order valence-electron chi connectivity index (χ4n) is 2.56. The Labute approximate surface area is 153 Å². The van der Waals surface area contributed by atoms with Gasteiger partial charge in [-0.1, -0.05) is 60.2 Å². The summed E-state index contributed by atoms with van der Waals surface area (Å²) >= 11 is 0. The van der Waals surface area contributed by atoms with Crippen molar-refractivity contribution in [2.75, 3.05) is 6.54 Å². The standard InChI is InChI=1S/C21H19NO3S/c1-16-8-12-20(13-9-16)26(24,25)22-14-4-7-21(23)19-11-10-17-5-2-3-6-18(17)15-19/h2-13,15,22H,14H2,1H3/b7-4+. The average molecular weight is 365 g/mol. The highest BCUT2D eigenvalue weighted by molar-refractivity contribution is 7.89. The molecule has 132 valence electrons. The van der Waals surface area contributed by atoms with E-state index in [4.69, 9.17) is 0 Å². The van der Waals surface area contributed by atoms with Crippen LogP contribution in [0.15, 0.2) is 83.8 Å². The number of aryl methyl sites for hydroxylation is 1. The van der Waals surface area contributed by atoms with Crippen LogP contribution in [-0.2, 0) is 10.0 Å². The third-order valence-corrected chi connectivity index (χ3v) is 5.47. The molecule has 0 aromatic heterocycles. The van der Waals surface area contributed by atoms with Gasteiger partial charge in [0.15, 0.2) is 5.78 Å². The molecule has 3 rings (SSSR count). The van der Waals surface area contributed by atoms with Crippen LogP contribution in [0.5, 0.6) is 0 Å². The third-order valence-electron chi connectivity index (χ3n) is 4.03. The molecule has 0 unspecified atom stereocenters. The first-order valence-electron chi connectivity index (χ1n) is 8.22. The third kappa shape index (κ3) is 4.25. The van der Waals surface area contributed by atoms with Crippen molar-refractivity contribution in [2.24, 2.45) is 0 Å². The molecule has 0 aliphatic rings. The highest BCUT2D eigenvalue weighted by atomic mass is 32.2. The summed E-state index contributed by atoms with van der Waals surface area (Å²) in [5, 5.41) is 2.06. The van der Waals surface area contributed by atoms with Gasteiger partial charge in [0.25, 0.3) is 0 Å². The lowest BCUT2D eigenvalue weighted by Gasteiger charge is -2.04. The zero-order valence-electron chi connectivity index (χ0n) is 14.3. The van der Waals surface area contributed by atoms with Crippen LogP contribution in [-0.4, -0.2) is 20.7 Å². The molecule has 0 spiro atoms. The van der Waals surface area contributed by atoms with Gasteiger partial charge in [0.05, 0.1) is 4.90 Å². The lowest BCUT2D eigenvalue weighted by Crippen LogP contribution is -2.23. The Morgan fingerprint density at radius 2 is 1.65 bits per heavy atom. The summed E-state index contributed by atoms with van der Waals surface area (Å²) in [4.78, 5) is 12.5. The summed E-state index contributed by atoms with van der Waals surface area (Å²) in [5.41, 5.74) is 1.56. The minimum atomic E-state index is -3.58. The van der Waals surface area contributed by atoms with Crippen LogP contribution in [0.3, 0.4) is 0 Å². The Hall–Kier alpha value is -2.76. The maximum atomic E-state index is 12.3. The zero-order valence-corrected chi connectivity index (χ0v) is 15.2. The maximum Gasteiger partial charge on any atom is 0.240 e. The quantitative estimate of drug-likeness (QED) is 0.533. The number of fused-ring (bicyclic) bond motifs is 1. The number of benzene rings is 3. The van der Waals surface area contributed by atoms with Crippen LogP contribution in [0.2, 0.25) is 0 Å². The zero-order chi connectivity index (χ0) is 18.6. The van der Waals surface area contributed by atoms with Gasteiger partial charge < -0.3 is 0 Å². The number of carbonyl (C=O) groups excluding carboxylic acids is 1. The molecule has 0 radical (unpaired) electrons. The van der Waals surface area contributed by atoms with Gasteiger partial charge in [0, 0.05) is 12.1 Å². The minimum absolute atomic E-state index is 0.0511. The molecule has 0 atom stereocenters. The maximum absolute atomic E-state index is 12.3. The Kier molecular flexibility index (Phi) is 5.30. The predicted octanol–water partition coefficient (Wildman–Crippen LogP) is 3.87. The number of hydrogen-bond donors (Lipinski definition) is 1. The number of carbonyl (C=O) groups is 1. The summed E-state index contributed by atoms with van der Waals surface area (Å²) < 4.78 is 26.8. The van der Waals surface area contributed by atoms with Crippen LogP contribution in [0, 0.1) is 6.92 Å². The summed E-state index contributed by atoms with van der Waals surface area (Å²) in [6, 6.07) is 19.9. The molecular formula is C21H19NO3S. The molecule has 3 aromatic carbocycles. The van der Waals surface area contributed by atoms with Crippen molar-refractivity contribution in [2.45, 2.75) is 11.8 Å². The lowest BCUT2D eigenvalue weighted by atomic mass is 10.0. The average Bonchev–Trinajstić information content (AvgIpc) is 2.65. The molecule has 0 heterocycles. The van der Waals surface area contributed by atoms with Crippen LogP contribution in [0.4, 0.5) is 0 Å². The SMILES string of the molecule is Cc1ccc(S(=O)(=O)NC/C=C/C(=O)c2ccc3ccccc3c2)cc1. The van der Waals surface area contributed by atoms with E-state index in [9.17, 15) is 13.2 Å². The van der Waals surface area contributed by atoms with Crippen molar-refractivity contribution in [1.29, 1.82) is 0 Å². The van der Waals surface area contributed by atoms with Crippen molar-refractivity contribution in [3.63, 3.8) is 0 Å². The molecule has 0 bridgehead atoms. The first kappa shape index (κ1) is 18.0. The van der Waals surface area contributed by atoms with E-state index in [1.54, 1.807) is 30.3 Å². The summed E-state index contributed by atoms with van der Waals surface area (Å²) in [7, 11) is -3.58. The van der Waals surface area contributed by atoms with E-state index in [1.807, 2.05) is 43.3 Å². The monoisotopic (exact) mass is 365 g/mol. The van der Waals surface area contributed by atoms with Gasteiger partial charge in [-0.3, -0.25) is 4.79 Å². The molecule has 3 aromatic rings. The van der Waals surface area contributed by atoms with Gasteiger partial charge in [0.2, 0.25) is 10.0 Å². The van der Waals surface area contributed by atoms with Crippen LogP contribution >= 0.6 is 0 Å². The van der Waals surface area contributed by atoms with Crippen molar-refractivity contribution in [3.05, 3.63) is 90.0 Å². The van der Waals surface area contributed by atoms with Gasteiger partial charge in [-0.05, 0) is 42.0 Å². The molecule has 0 aliphatic carbocycles. The van der Waals surface area contributed by atoms with Crippen LogP contribution < -0.4 is 4.72 Å². The highest BCUT2D eigenvalue weighted by Crippen LogP contribution is 2.16. The van der Waals surface area contributed by atoms with E-state index in [0.717, 1.165) is 16.3 Å². The number of nitrogens with one attached hydrogen (secondary N) is 1. The van der Waals surface area contributed by atoms with Gasteiger partial charge in [-0.25, -0.2) is 13.1 Å². The van der Waals surface area contributed by atoms with Gasteiger partial charge >= 0.3 is 0 Å². The summed E-state index contributed by atoms with van der Waals surface area (Å²) in [6.45, 7) is 1.94. The molecule has 26 heavy (non-hydrogen) atoms.